The molecule has 3 rings (SSSR count). The molecule has 23 heavy (non-hydrogen) atoms. The van der Waals surface area contributed by atoms with Crippen molar-refractivity contribution < 1.29 is 9.90 Å². The first-order chi connectivity index (χ1) is 11.1. The fourth-order valence-electron chi connectivity index (χ4n) is 3.70. The maximum absolute atomic E-state index is 12.4. The van der Waals surface area contributed by atoms with Gasteiger partial charge in [-0.25, -0.2) is 0 Å². The number of carbonyl (C=O) groups excluding carboxylic acids is 1. The van der Waals surface area contributed by atoms with Gasteiger partial charge in [0.2, 0.25) is 5.91 Å². The molecule has 2 fully saturated rings. The van der Waals surface area contributed by atoms with E-state index >= 15 is 0 Å². The quantitative estimate of drug-likeness (QED) is 0.923. The van der Waals surface area contributed by atoms with E-state index in [1.54, 1.807) is 0 Å². The molecule has 0 bridgehead atoms. The molecule has 0 spiro atoms. The number of likely N-dealkylation sites (tertiary alicyclic amines) is 2. The molecule has 0 aromatic heterocycles. The molecule has 126 valence electrons. The van der Waals surface area contributed by atoms with Gasteiger partial charge in [0, 0.05) is 37.1 Å². The van der Waals surface area contributed by atoms with Gasteiger partial charge in [-0.3, -0.25) is 9.69 Å². The minimum absolute atomic E-state index is 0.207. The predicted molar refractivity (Wildman–Crippen MR) is 91.3 cm³/mol. The third-order valence-corrected chi connectivity index (χ3v) is 5.41. The Bertz CT molecular complexity index is 552. The number of nitrogens with zero attached hydrogens (tertiary/aromatic N) is 2. The fourth-order valence-corrected chi connectivity index (χ4v) is 3.90. The number of aliphatic hydroxyl groups is 1. The molecule has 2 aliphatic heterocycles. The molecule has 1 aromatic rings. The van der Waals surface area contributed by atoms with Gasteiger partial charge in [0.15, 0.2) is 0 Å². The van der Waals surface area contributed by atoms with Crippen LogP contribution >= 0.6 is 11.6 Å². The zero-order valence-corrected chi connectivity index (χ0v) is 14.2. The average Bonchev–Trinajstić information content (AvgIpc) is 2.72. The summed E-state index contributed by atoms with van der Waals surface area (Å²) >= 11 is 6.22. The molecule has 2 unspecified atom stereocenters. The number of benzene rings is 1. The van der Waals surface area contributed by atoms with E-state index in [4.69, 9.17) is 11.6 Å². The Morgan fingerprint density at radius 1 is 1.17 bits per heavy atom. The van der Waals surface area contributed by atoms with E-state index in [0.717, 1.165) is 55.9 Å². The summed E-state index contributed by atoms with van der Waals surface area (Å²) in [6.07, 6.45) is 4.20. The van der Waals surface area contributed by atoms with Gasteiger partial charge in [0.05, 0.1) is 6.10 Å². The maximum atomic E-state index is 12.4. The van der Waals surface area contributed by atoms with Crippen LogP contribution in [0.2, 0.25) is 5.02 Å². The van der Waals surface area contributed by atoms with Crippen LogP contribution in [0.4, 0.5) is 0 Å². The molecule has 4 nitrogen and oxygen atoms in total. The van der Waals surface area contributed by atoms with Gasteiger partial charge in [0.1, 0.15) is 0 Å². The normalized spacial score (nSPS) is 27.0. The molecule has 0 radical (unpaired) electrons. The summed E-state index contributed by atoms with van der Waals surface area (Å²) in [4.78, 5) is 16.7. The standard InChI is InChI=1S/C18H25ClN2O2/c19-17-6-2-1-4-14(17)12-21-11-9-15(7-8-18(21)23)20-10-3-5-16(22)13-20/h1-2,4,6,15-16,22H,3,5,7-13H2. The zero-order valence-electron chi connectivity index (χ0n) is 13.5. The number of halogens is 1. The second kappa shape index (κ2) is 7.65. The SMILES string of the molecule is O=C1CCC(N2CCCC(O)C2)CCN1Cc1ccccc1Cl. The zero-order chi connectivity index (χ0) is 16.2. The number of piperidine rings is 1. The summed E-state index contributed by atoms with van der Waals surface area (Å²) in [5.74, 6) is 0.213. The van der Waals surface area contributed by atoms with Gasteiger partial charge in [-0.05, 0) is 43.9 Å². The van der Waals surface area contributed by atoms with E-state index < -0.39 is 0 Å². The Labute approximate surface area is 143 Å². The average molecular weight is 337 g/mol. The number of β-amino-alcohol motifs (C(OH)–C–C–N with tert-alkyl or cyclic N) is 1. The summed E-state index contributed by atoms with van der Waals surface area (Å²) in [6, 6.07) is 8.14. The highest BCUT2D eigenvalue weighted by Crippen LogP contribution is 2.24. The van der Waals surface area contributed by atoms with Crippen LogP contribution in [0.25, 0.3) is 0 Å². The first-order valence-electron chi connectivity index (χ1n) is 8.57. The molecule has 5 heteroatoms. The van der Waals surface area contributed by atoms with Gasteiger partial charge in [0.25, 0.3) is 0 Å². The third kappa shape index (κ3) is 4.25. The topological polar surface area (TPSA) is 43.8 Å². The van der Waals surface area contributed by atoms with Gasteiger partial charge in [-0.1, -0.05) is 29.8 Å². The first kappa shape index (κ1) is 16.7. The molecule has 2 atom stereocenters. The van der Waals surface area contributed by atoms with Crippen molar-refractivity contribution in [1.29, 1.82) is 0 Å². The van der Waals surface area contributed by atoms with Crippen molar-refractivity contribution in [2.24, 2.45) is 0 Å². The van der Waals surface area contributed by atoms with Crippen LogP contribution in [0.5, 0.6) is 0 Å². The number of carbonyl (C=O) groups is 1. The molecule has 1 aromatic carbocycles. The maximum Gasteiger partial charge on any atom is 0.222 e. The highest BCUT2D eigenvalue weighted by Gasteiger charge is 2.29. The Morgan fingerprint density at radius 2 is 2.00 bits per heavy atom. The summed E-state index contributed by atoms with van der Waals surface area (Å²) in [7, 11) is 0. The Hall–Kier alpha value is -1.10. The second-order valence-electron chi connectivity index (χ2n) is 6.68. The van der Waals surface area contributed by atoms with Crippen LogP contribution in [0, 0.1) is 0 Å². The van der Waals surface area contributed by atoms with Crippen LogP contribution < -0.4 is 0 Å². The van der Waals surface area contributed by atoms with E-state index in [1.165, 1.54) is 0 Å². The first-order valence-corrected chi connectivity index (χ1v) is 8.94. The lowest BCUT2D eigenvalue weighted by atomic mass is 10.0. The predicted octanol–water partition coefficient (Wildman–Crippen LogP) is 2.68. The van der Waals surface area contributed by atoms with Crippen LogP contribution in [-0.2, 0) is 11.3 Å². The van der Waals surface area contributed by atoms with Gasteiger partial charge >= 0.3 is 0 Å². The van der Waals surface area contributed by atoms with Crippen LogP contribution in [-0.4, -0.2) is 52.6 Å². The summed E-state index contributed by atoms with van der Waals surface area (Å²) in [6.45, 7) is 3.15. The Morgan fingerprint density at radius 3 is 2.78 bits per heavy atom. The summed E-state index contributed by atoms with van der Waals surface area (Å²) < 4.78 is 0. The molecular formula is C18H25ClN2O2. The number of amides is 1. The fraction of sp³-hybridized carbons (Fsp3) is 0.611. The monoisotopic (exact) mass is 336 g/mol. The smallest absolute Gasteiger partial charge is 0.222 e. The minimum Gasteiger partial charge on any atom is -0.392 e. The second-order valence-corrected chi connectivity index (χ2v) is 7.09. The van der Waals surface area contributed by atoms with Crippen molar-refractivity contribution in [2.45, 2.75) is 50.8 Å². The minimum atomic E-state index is -0.207. The highest BCUT2D eigenvalue weighted by atomic mass is 35.5. The van der Waals surface area contributed by atoms with Gasteiger partial charge in [-0.2, -0.15) is 0 Å². The summed E-state index contributed by atoms with van der Waals surface area (Å²) in [5, 5.41) is 10.6. The van der Waals surface area contributed by atoms with E-state index in [-0.39, 0.29) is 12.0 Å². The molecule has 1 amide bonds. The number of hydrogen-bond donors (Lipinski definition) is 1. The van der Waals surface area contributed by atoms with Crippen LogP contribution in [0.3, 0.4) is 0 Å². The van der Waals surface area contributed by atoms with Crippen molar-refractivity contribution in [3.05, 3.63) is 34.9 Å². The van der Waals surface area contributed by atoms with E-state index in [1.807, 2.05) is 29.2 Å². The van der Waals surface area contributed by atoms with E-state index in [0.29, 0.717) is 19.0 Å². The van der Waals surface area contributed by atoms with E-state index in [2.05, 4.69) is 4.90 Å². The Balaban J connectivity index is 1.62. The van der Waals surface area contributed by atoms with Gasteiger partial charge < -0.3 is 10.0 Å². The van der Waals surface area contributed by atoms with Crippen molar-refractivity contribution >= 4 is 17.5 Å². The molecule has 0 saturated carbocycles. The Kier molecular flexibility index (Phi) is 5.57. The van der Waals surface area contributed by atoms with Gasteiger partial charge in [-0.15, -0.1) is 0 Å². The molecule has 2 heterocycles. The highest BCUT2D eigenvalue weighted by molar-refractivity contribution is 6.31. The molecule has 1 N–H and O–H groups in total. The van der Waals surface area contributed by atoms with Crippen LogP contribution in [0.15, 0.2) is 24.3 Å². The van der Waals surface area contributed by atoms with Crippen molar-refractivity contribution in [3.63, 3.8) is 0 Å². The summed E-state index contributed by atoms with van der Waals surface area (Å²) in [5.41, 5.74) is 1.01. The lowest BCUT2D eigenvalue weighted by Gasteiger charge is -2.36. The largest absolute Gasteiger partial charge is 0.392 e. The molecule has 2 aliphatic rings. The molecular weight excluding hydrogens is 312 g/mol. The van der Waals surface area contributed by atoms with Crippen molar-refractivity contribution in [1.82, 2.24) is 9.80 Å². The number of hydrogen-bond acceptors (Lipinski definition) is 3. The lowest BCUT2D eigenvalue weighted by molar-refractivity contribution is -0.131. The molecule has 2 saturated heterocycles. The lowest BCUT2D eigenvalue weighted by Crippen LogP contribution is -2.45. The molecule has 0 aliphatic carbocycles. The van der Waals surface area contributed by atoms with Crippen molar-refractivity contribution in [3.8, 4) is 0 Å². The third-order valence-electron chi connectivity index (χ3n) is 5.04. The van der Waals surface area contributed by atoms with Crippen LogP contribution in [0.1, 0.15) is 37.7 Å². The number of aliphatic hydroxyl groups excluding tert-OH is 1. The number of rotatable bonds is 3. The van der Waals surface area contributed by atoms with E-state index in [9.17, 15) is 9.90 Å². The van der Waals surface area contributed by atoms with Crippen molar-refractivity contribution in [2.75, 3.05) is 19.6 Å².